The maximum absolute atomic E-state index is 3.69. The summed E-state index contributed by atoms with van der Waals surface area (Å²) in [6, 6.07) is 21.0. The van der Waals surface area contributed by atoms with Gasteiger partial charge in [0, 0.05) is 24.7 Å². The second-order valence-corrected chi connectivity index (χ2v) is 6.76. The summed E-state index contributed by atoms with van der Waals surface area (Å²) in [7, 11) is 0. The molecule has 0 spiro atoms. The van der Waals surface area contributed by atoms with E-state index >= 15 is 0 Å². The summed E-state index contributed by atoms with van der Waals surface area (Å²) in [6.07, 6.45) is 1.05. The van der Waals surface area contributed by atoms with Crippen molar-refractivity contribution < 1.29 is 0 Å². The molecule has 0 aliphatic heterocycles. The van der Waals surface area contributed by atoms with Gasteiger partial charge in [-0.3, -0.25) is 0 Å². The molecular weight excluding hydrogens is 280 g/mol. The summed E-state index contributed by atoms with van der Waals surface area (Å²) in [5.74, 6) is 0. The largest absolute Gasteiger partial charge is 0.310 e. The van der Waals surface area contributed by atoms with Gasteiger partial charge in [0.15, 0.2) is 0 Å². The lowest BCUT2D eigenvalue weighted by molar-refractivity contribution is 0.477. The Morgan fingerprint density at radius 1 is 0.783 bits per heavy atom. The van der Waals surface area contributed by atoms with E-state index in [2.05, 4.69) is 92.9 Å². The van der Waals surface area contributed by atoms with E-state index in [0.29, 0.717) is 18.1 Å². The van der Waals surface area contributed by atoms with Crippen LogP contribution in [0.2, 0.25) is 0 Å². The monoisotopic (exact) mass is 310 g/mol. The molecule has 2 N–H and O–H groups in total. The highest BCUT2D eigenvalue weighted by Gasteiger charge is 2.09. The molecule has 2 heteroatoms. The Bertz CT molecular complexity index is 560. The van der Waals surface area contributed by atoms with Crippen LogP contribution in [0.15, 0.2) is 54.6 Å². The first-order chi connectivity index (χ1) is 11.0. The summed E-state index contributed by atoms with van der Waals surface area (Å²) in [4.78, 5) is 0. The second kappa shape index (κ2) is 8.85. The molecular formula is C21H30N2. The van der Waals surface area contributed by atoms with Crippen LogP contribution in [0.3, 0.4) is 0 Å². The molecule has 2 atom stereocenters. The van der Waals surface area contributed by atoms with Crippen LogP contribution in [0.1, 0.15) is 50.4 Å². The van der Waals surface area contributed by atoms with Crippen molar-refractivity contribution in [3.05, 3.63) is 71.3 Å². The highest BCUT2D eigenvalue weighted by atomic mass is 14.9. The lowest BCUT2D eigenvalue weighted by Gasteiger charge is -2.20. The third-order valence-corrected chi connectivity index (χ3v) is 4.11. The van der Waals surface area contributed by atoms with Crippen LogP contribution in [0.4, 0.5) is 0 Å². The van der Waals surface area contributed by atoms with Crippen LogP contribution < -0.4 is 10.6 Å². The van der Waals surface area contributed by atoms with Gasteiger partial charge in [-0.25, -0.2) is 0 Å². The maximum Gasteiger partial charge on any atom is 0.0294 e. The average Bonchev–Trinajstić information content (AvgIpc) is 2.55. The Hall–Kier alpha value is -1.64. The van der Waals surface area contributed by atoms with Crippen LogP contribution in [0.25, 0.3) is 0 Å². The van der Waals surface area contributed by atoms with E-state index in [1.165, 1.54) is 16.7 Å². The standard InChI is InChI=1S/C21H30N2/c1-16(2)22-15-20-12-10-19(11-13-20)14-17(3)23-18(4)21-8-6-5-7-9-21/h5-13,16-18,22-23H,14-15H2,1-4H3. The van der Waals surface area contributed by atoms with Crippen LogP contribution in [-0.4, -0.2) is 12.1 Å². The predicted molar refractivity (Wildman–Crippen MR) is 99.6 cm³/mol. The molecule has 0 radical (unpaired) electrons. The van der Waals surface area contributed by atoms with Gasteiger partial charge in [-0.1, -0.05) is 68.4 Å². The zero-order valence-electron chi connectivity index (χ0n) is 14.8. The van der Waals surface area contributed by atoms with Gasteiger partial charge in [-0.05, 0) is 37.0 Å². The summed E-state index contributed by atoms with van der Waals surface area (Å²) >= 11 is 0. The molecule has 2 aromatic carbocycles. The van der Waals surface area contributed by atoms with Crippen molar-refractivity contribution in [2.75, 3.05) is 0 Å². The van der Waals surface area contributed by atoms with E-state index in [1.807, 2.05) is 0 Å². The number of benzene rings is 2. The Kier molecular flexibility index (Phi) is 6.82. The molecule has 124 valence electrons. The lowest BCUT2D eigenvalue weighted by atomic mass is 10.0. The molecule has 0 saturated heterocycles. The molecule has 2 nitrogen and oxygen atoms in total. The zero-order valence-corrected chi connectivity index (χ0v) is 14.8. The summed E-state index contributed by atoms with van der Waals surface area (Å²) in [5, 5.41) is 7.14. The lowest BCUT2D eigenvalue weighted by Crippen LogP contribution is -2.30. The average molecular weight is 310 g/mol. The molecule has 0 aliphatic rings. The van der Waals surface area contributed by atoms with Gasteiger partial charge >= 0.3 is 0 Å². The van der Waals surface area contributed by atoms with E-state index in [-0.39, 0.29) is 0 Å². The van der Waals surface area contributed by atoms with E-state index < -0.39 is 0 Å². The predicted octanol–water partition coefficient (Wildman–Crippen LogP) is 4.47. The molecule has 0 amide bonds. The summed E-state index contributed by atoms with van der Waals surface area (Å²) in [5.41, 5.74) is 4.08. The van der Waals surface area contributed by atoms with E-state index in [9.17, 15) is 0 Å². The van der Waals surface area contributed by atoms with E-state index in [1.54, 1.807) is 0 Å². The van der Waals surface area contributed by atoms with Crippen molar-refractivity contribution in [2.24, 2.45) is 0 Å². The van der Waals surface area contributed by atoms with Gasteiger partial charge in [0.2, 0.25) is 0 Å². The van der Waals surface area contributed by atoms with Gasteiger partial charge in [-0.2, -0.15) is 0 Å². The van der Waals surface area contributed by atoms with Crippen LogP contribution in [-0.2, 0) is 13.0 Å². The molecule has 0 fully saturated rings. The Morgan fingerprint density at radius 2 is 1.39 bits per heavy atom. The normalized spacial score (nSPS) is 14.0. The second-order valence-electron chi connectivity index (χ2n) is 6.76. The highest BCUT2D eigenvalue weighted by Crippen LogP contribution is 2.14. The number of hydrogen-bond acceptors (Lipinski definition) is 2. The van der Waals surface area contributed by atoms with Crippen molar-refractivity contribution in [3.8, 4) is 0 Å². The zero-order chi connectivity index (χ0) is 16.7. The Balaban J connectivity index is 1.84. The van der Waals surface area contributed by atoms with E-state index in [4.69, 9.17) is 0 Å². The third-order valence-electron chi connectivity index (χ3n) is 4.11. The van der Waals surface area contributed by atoms with Crippen molar-refractivity contribution >= 4 is 0 Å². The molecule has 2 unspecified atom stereocenters. The minimum Gasteiger partial charge on any atom is -0.310 e. The van der Waals surface area contributed by atoms with Gasteiger partial charge in [0.1, 0.15) is 0 Å². The number of nitrogens with one attached hydrogen (secondary N) is 2. The van der Waals surface area contributed by atoms with Crippen LogP contribution in [0.5, 0.6) is 0 Å². The fourth-order valence-corrected chi connectivity index (χ4v) is 2.79. The van der Waals surface area contributed by atoms with Crippen LogP contribution >= 0.6 is 0 Å². The smallest absolute Gasteiger partial charge is 0.0294 e. The molecule has 23 heavy (non-hydrogen) atoms. The number of rotatable bonds is 8. The van der Waals surface area contributed by atoms with Crippen molar-refractivity contribution in [2.45, 2.75) is 58.8 Å². The highest BCUT2D eigenvalue weighted by molar-refractivity contribution is 5.23. The fourth-order valence-electron chi connectivity index (χ4n) is 2.79. The minimum atomic E-state index is 0.376. The molecule has 0 heterocycles. The molecule has 0 aliphatic carbocycles. The Morgan fingerprint density at radius 3 is 2.00 bits per heavy atom. The van der Waals surface area contributed by atoms with Crippen molar-refractivity contribution in [3.63, 3.8) is 0 Å². The topological polar surface area (TPSA) is 24.1 Å². The maximum atomic E-state index is 3.69. The first-order valence-electron chi connectivity index (χ1n) is 8.67. The van der Waals surface area contributed by atoms with Gasteiger partial charge in [0.25, 0.3) is 0 Å². The summed E-state index contributed by atoms with van der Waals surface area (Å²) < 4.78 is 0. The molecule has 0 bridgehead atoms. The van der Waals surface area contributed by atoms with Crippen molar-refractivity contribution in [1.82, 2.24) is 10.6 Å². The Labute approximate surface area is 141 Å². The molecule has 0 aromatic heterocycles. The van der Waals surface area contributed by atoms with E-state index in [0.717, 1.165) is 13.0 Å². The quantitative estimate of drug-likeness (QED) is 0.752. The fraction of sp³-hybridized carbons (Fsp3) is 0.429. The van der Waals surface area contributed by atoms with Crippen LogP contribution in [0, 0.1) is 0 Å². The van der Waals surface area contributed by atoms with Gasteiger partial charge < -0.3 is 10.6 Å². The molecule has 0 saturated carbocycles. The number of hydrogen-bond donors (Lipinski definition) is 2. The van der Waals surface area contributed by atoms with Crippen molar-refractivity contribution in [1.29, 1.82) is 0 Å². The first kappa shape index (κ1) is 17.7. The molecule has 2 aromatic rings. The minimum absolute atomic E-state index is 0.376. The summed E-state index contributed by atoms with van der Waals surface area (Å²) in [6.45, 7) is 9.78. The third kappa shape index (κ3) is 6.17. The molecule has 2 rings (SSSR count). The first-order valence-corrected chi connectivity index (χ1v) is 8.67. The van der Waals surface area contributed by atoms with Gasteiger partial charge in [-0.15, -0.1) is 0 Å². The van der Waals surface area contributed by atoms with Gasteiger partial charge in [0.05, 0.1) is 0 Å². The SMILES string of the molecule is CC(C)NCc1ccc(CC(C)NC(C)c2ccccc2)cc1.